The van der Waals surface area contributed by atoms with E-state index >= 15 is 0 Å². The number of carbonyl (C=O) groups is 2. The van der Waals surface area contributed by atoms with E-state index in [1.807, 2.05) is 30.3 Å². The molecular formula is C12H15IO2. The Morgan fingerprint density at radius 3 is 1.87 bits per heavy atom. The summed E-state index contributed by atoms with van der Waals surface area (Å²) < 4.78 is 2.44. The second-order valence-electron chi connectivity index (χ2n) is 3.42. The third kappa shape index (κ3) is 4.55. The van der Waals surface area contributed by atoms with Crippen LogP contribution in [0.2, 0.25) is 0 Å². The van der Waals surface area contributed by atoms with Crippen LogP contribution in [0.15, 0.2) is 30.3 Å². The van der Waals surface area contributed by atoms with Crippen LogP contribution < -0.4 is 0 Å². The maximum absolute atomic E-state index is 11.1. The standard InChI is InChI=1S/C12H15IO2/c1-10(14)8-13(9-11(2)15)12-6-4-3-5-7-12/h3-7H,8-9H2,1-2H3. The summed E-state index contributed by atoms with van der Waals surface area (Å²) in [6.07, 6.45) is 0. The first-order chi connectivity index (χ1) is 7.09. The Bertz CT molecular complexity index is 330. The van der Waals surface area contributed by atoms with Gasteiger partial charge in [0.15, 0.2) is 0 Å². The zero-order valence-corrected chi connectivity index (χ0v) is 11.2. The number of carbonyl (C=O) groups excluding carboxylic acids is 2. The molecular weight excluding hydrogens is 303 g/mol. The van der Waals surface area contributed by atoms with Crippen LogP contribution in [0, 0.1) is 3.57 Å². The molecule has 0 unspecified atom stereocenters. The predicted octanol–water partition coefficient (Wildman–Crippen LogP) is 2.54. The van der Waals surface area contributed by atoms with Gasteiger partial charge in [-0.25, -0.2) is 0 Å². The van der Waals surface area contributed by atoms with Gasteiger partial charge in [0.2, 0.25) is 0 Å². The third-order valence-electron chi connectivity index (χ3n) is 1.74. The van der Waals surface area contributed by atoms with Crippen LogP contribution in [0.25, 0.3) is 0 Å². The Kier molecular flexibility index (Phi) is 4.94. The van der Waals surface area contributed by atoms with Crippen molar-refractivity contribution in [1.29, 1.82) is 0 Å². The number of rotatable bonds is 5. The molecule has 0 aliphatic heterocycles. The predicted molar refractivity (Wildman–Crippen MR) is 70.3 cm³/mol. The molecule has 0 aliphatic rings. The fraction of sp³-hybridized carbons (Fsp3) is 0.333. The first-order valence-electron chi connectivity index (χ1n) is 4.75. The zero-order valence-electron chi connectivity index (χ0n) is 9.00. The quantitative estimate of drug-likeness (QED) is 0.618. The van der Waals surface area contributed by atoms with Crippen molar-refractivity contribution in [1.82, 2.24) is 0 Å². The third-order valence-corrected chi connectivity index (χ3v) is 8.21. The molecule has 1 aromatic carbocycles. The van der Waals surface area contributed by atoms with E-state index in [4.69, 9.17) is 0 Å². The van der Waals surface area contributed by atoms with E-state index in [1.54, 1.807) is 13.8 Å². The van der Waals surface area contributed by atoms with Gasteiger partial charge >= 0.3 is 97.6 Å². The topological polar surface area (TPSA) is 34.1 Å². The number of hydrogen-bond donors (Lipinski definition) is 0. The molecule has 0 saturated heterocycles. The molecule has 0 saturated carbocycles. The number of Topliss-reactive ketones (excluding diaryl/α,β-unsaturated/α-hetero) is 2. The SMILES string of the molecule is CC(=O)CI(CC(C)=O)c1ccccc1. The van der Waals surface area contributed by atoms with Crippen LogP contribution in [0.5, 0.6) is 0 Å². The van der Waals surface area contributed by atoms with Gasteiger partial charge in [-0.1, -0.05) is 0 Å². The summed E-state index contributed by atoms with van der Waals surface area (Å²) in [7, 11) is 0. The summed E-state index contributed by atoms with van der Waals surface area (Å²) >= 11 is -1.59. The maximum atomic E-state index is 11.1. The first-order valence-corrected chi connectivity index (χ1v) is 8.88. The van der Waals surface area contributed by atoms with Crippen molar-refractivity contribution in [2.75, 3.05) is 8.86 Å². The fourth-order valence-corrected chi connectivity index (χ4v) is 6.42. The molecule has 0 heterocycles. The summed E-state index contributed by atoms with van der Waals surface area (Å²) in [5.74, 6) is 0.399. The molecule has 0 fully saturated rings. The molecule has 15 heavy (non-hydrogen) atoms. The van der Waals surface area contributed by atoms with Gasteiger partial charge in [-0.3, -0.25) is 0 Å². The van der Waals surface area contributed by atoms with Gasteiger partial charge in [-0.2, -0.15) is 0 Å². The second kappa shape index (κ2) is 6.00. The van der Waals surface area contributed by atoms with Crippen LogP contribution in [-0.2, 0) is 9.59 Å². The number of halogens is 1. The van der Waals surface area contributed by atoms with Gasteiger partial charge in [0.1, 0.15) is 0 Å². The molecule has 3 heteroatoms. The number of alkyl halides is 2. The number of ketones is 2. The van der Waals surface area contributed by atoms with Gasteiger partial charge in [0, 0.05) is 0 Å². The molecule has 0 spiro atoms. The van der Waals surface area contributed by atoms with E-state index in [0.29, 0.717) is 8.86 Å². The van der Waals surface area contributed by atoms with Crippen LogP contribution in [0.3, 0.4) is 0 Å². The summed E-state index contributed by atoms with van der Waals surface area (Å²) in [5.41, 5.74) is 0. The van der Waals surface area contributed by atoms with Gasteiger partial charge in [0.05, 0.1) is 0 Å². The van der Waals surface area contributed by atoms with E-state index in [2.05, 4.69) is 0 Å². The molecule has 0 N–H and O–H groups in total. The minimum absolute atomic E-state index is 0.199. The van der Waals surface area contributed by atoms with E-state index in [-0.39, 0.29) is 11.6 Å². The van der Waals surface area contributed by atoms with Crippen molar-refractivity contribution in [3.8, 4) is 0 Å². The Morgan fingerprint density at radius 1 is 1.00 bits per heavy atom. The van der Waals surface area contributed by atoms with E-state index < -0.39 is 19.8 Å². The molecule has 0 aliphatic carbocycles. The van der Waals surface area contributed by atoms with Crippen molar-refractivity contribution in [3.05, 3.63) is 33.9 Å². The van der Waals surface area contributed by atoms with Gasteiger partial charge < -0.3 is 0 Å². The Morgan fingerprint density at radius 2 is 1.47 bits per heavy atom. The molecule has 1 aromatic rings. The Hall–Kier alpha value is -0.710. The molecule has 0 bridgehead atoms. The molecule has 1 rings (SSSR count). The molecule has 82 valence electrons. The van der Waals surface area contributed by atoms with E-state index in [1.165, 1.54) is 3.57 Å². The van der Waals surface area contributed by atoms with Crippen LogP contribution >= 0.6 is 19.8 Å². The van der Waals surface area contributed by atoms with Crippen molar-refractivity contribution < 1.29 is 9.59 Å². The van der Waals surface area contributed by atoms with Crippen LogP contribution in [-0.4, -0.2) is 20.4 Å². The Labute approximate surface area is 97.5 Å². The molecule has 0 amide bonds. The van der Waals surface area contributed by atoms with Crippen LogP contribution in [0.1, 0.15) is 13.8 Å². The second-order valence-corrected chi connectivity index (χ2v) is 8.80. The van der Waals surface area contributed by atoms with Crippen molar-refractivity contribution in [2.45, 2.75) is 13.8 Å². The molecule has 0 atom stereocenters. The van der Waals surface area contributed by atoms with Gasteiger partial charge in [-0.15, -0.1) is 0 Å². The Balaban J connectivity index is 2.81. The van der Waals surface area contributed by atoms with E-state index in [0.717, 1.165) is 0 Å². The average Bonchev–Trinajstić information content (AvgIpc) is 2.17. The molecule has 0 radical (unpaired) electrons. The fourth-order valence-electron chi connectivity index (χ4n) is 1.25. The number of benzene rings is 1. The van der Waals surface area contributed by atoms with E-state index in [9.17, 15) is 9.59 Å². The molecule has 2 nitrogen and oxygen atoms in total. The van der Waals surface area contributed by atoms with Crippen molar-refractivity contribution in [3.63, 3.8) is 0 Å². The van der Waals surface area contributed by atoms with Crippen molar-refractivity contribution in [2.24, 2.45) is 0 Å². The molecule has 0 aromatic heterocycles. The van der Waals surface area contributed by atoms with Gasteiger partial charge in [0.25, 0.3) is 0 Å². The summed E-state index contributed by atoms with van der Waals surface area (Å²) in [5, 5.41) is 0. The summed E-state index contributed by atoms with van der Waals surface area (Å²) in [4.78, 5) is 22.3. The first kappa shape index (κ1) is 12.4. The summed E-state index contributed by atoms with van der Waals surface area (Å²) in [6.45, 7) is 3.21. The normalized spacial score (nSPS) is 10.9. The average molecular weight is 318 g/mol. The van der Waals surface area contributed by atoms with Crippen molar-refractivity contribution >= 4 is 31.4 Å². The number of hydrogen-bond acceptors (Lipinski definition) is 2. The monoisotopic (exact) mass is 318 g/mol. The zero-order chi connectivity index (χ0) is 11.3. The summed E-state index contributed by atoms with van der Waals surface area (Å²) in [6, 6.07) is 9.98. The van der Waals surface area contributed by atoms with Crippen LogP contribution in [0.4, 0.5) is 0 Å². The van der Waals surface area contributed by atoms with Gasteiger partial charge in [-0.05, 0) is 0 Å². The minimum atomic E-state index is -1.59.